The Morgan fingerprint density at radius 3 is 2.56 bits per heavy atom. The molecule has 18 heavy (non-hydrogen) atoms. The van der Waals surface area contributed by atoms with Gasteiger partial charge in [0.1, 0.15) is 0 Å². The molecule has 2 aliphatic rings. The highest BCUT2D eigenvalue weighted by Gasteiger charge is 2.29. The topological polar surface area (TPSA) is 18.5 Å². The Kier molecular flexibility index (Phi) is 5.93. The molecule has 2 saturated heterocycles. The summed E-state index contributed by atoms with van der Waals surface area (Å²) in [5.41, 5.74) is 0. The molecule has 0 aromatic carbocycles. The first-order valence-electron chi connectivity index (χ1n) is 8.04. The van der Waals surface area contributed by atoms with Gasteiger partial charge in [-0.25, -0.2) is 0 Å². The molecule has 2 aliphatic heterocycles. The SMILES string of the molecule is CCCCC1CN(C2CCNCC2)CCN1CC. The fourth-order valence-corrected chi connectivity index (χ4v) is 3.55. The summed E-state index contributed by atoms with van der Waals surface area (Å²) in [7, 11) is 0. The summed E-state index contributed by atoms with van der Waals surface area (Å²) in [6, 6.07) is 1.67. The van der Waals surface area contributed by atoms with Crippen molar-refractivity contribution in [3.05, 3.63) is 0 Å². The van der Waals surface area contributed by atoms with E-state index in [2.05, 4.69) is 29.0 Å². The van der Waals surface area contributed by atoms with Crippen LogP contribution in [0.1, 0.15) is 46.0 Å². The van der Waals surface area contributed by atoms with Crippen LogP contribution in [-0.4, -0.2) is 61.2 Å². The predicted molar refractivity (Wildman–Crippen MR) is 78.0 cm³/mol. The zero-order chi connectivity index (χ0) is 12.8. The van der Waals surface area contributed by atoms with Crippen molar-refractivity contribution in [2.24, 2.45) is 0 Å². The van der Waals surface area contributed by atoms with Gasteiger partial charge in [0, 0.05) is 31.7 Å². The van der Waals surface area contributed by atoms with E-state index in [9.17, 15) is 0 Å². The molecule has 106 valence electrons. The highest BCUT2D eigenvalue weighted by Crippen LogP contribution is 2.20. The maximum absolute atomic E-state index is 3.48. The lowest BCUT2D eigenvalue weighted by Gasteiger charge is -2.45. The van der Waals surface area contributed by atoms with Crippen LogP contribution < -0.4 is 5.32 Å². The van der Waals surface area contributed by atoms with E-state index in [1.54, 1.807) is 0 Å². The van der Waals surface area contributed by atoms with Gasteiger partial charge in [-0.3, -0.25) is 9.80 Å². The Labute approximate surface area is 113 Å². The van der Waals surface area contributed by atoms with Crippen LogP contribution in [0, 0.1) is 0 Å². The van der Waals surface area contributed by atoms with Crippen LogP contribution in [0.2, 0.25) is 0 Å². The second-order valence-corrected chi connectivity index (χ2v) is 5.90. The van der Waals surface area contributed by atoms with E-state index in [-0.39, 0.29) is 0 Å². The van der Waals surface area contributed by atoms with E-state index in [0.717, 1.165) is 12.1 Å². The van der Waals surface area contributed by atoms with Crippen LogP contribution in [0.25, 0.3) is 0 Å². The normalized spacial score (nSPS) is 28.7. The van der Waals surface area contributed by atoms with Crippen LogP contribution in [0.3, 0.4) is 0 Å². The highest BCUT2D eigenvalue weighted by atomic mass is 15.3. The zero-order valence-electron chi connectivity index (χ0n) is 12.3. The number of hydrogen-bond donors (Lipinski definition) is 1. The molecule has 0 aliphatic carbocycles. The van der Waals surface area contributed by atoms with E-state index < -0.39 is 0 Å². The molecular formula is C15H31N3. The Bertz CT molecular complexity index is 226. The number of nitrogens with one attached hydrogen (secondary N) is 1. The molecule has 0 aromatic rings. The summed E-state index contributed by atoms with van der Waals surface area (Å²) in [5, 5.41) is 3.48. The minimum absolute atomic E-state index is 0.818. The van der Waals surface area contributed by atoms with Crippen molar-refractivity contribution >= 4 is 0 Å². The molecule has 0 aromatic heterocycles. The molecule has 0 amide bonds. The Balaban J connectivity index is 1.86. The van der Waals surface area contributed by atoms with E-state index in [0.29, 0.717) is 0 Å². The number of rotatable bonds is 5. The first-order chi connectivity index (χ1) is 8.85. The van der Waals surface area contributed by atoms with Gasteiger partial charge in [-0.2, -0.15) is 0 Å². The second-order valence-electron chi connectivity index (χ2n) is 5.90. The molecule has 3 heteroatoms. The van der Waals surface area contributed by atoms with Crippen molar-refractivity contribution in [3.8, 4) is 0 Å². The standard InChI is InChI=1S/C15H31N3/c1-3-5-6-15-13-18(12-11-17(15)4-2)14-7-9-16-10-8-14/h14-16H,3-13H2,1-2H3. The van der Waals surface area contributed by atoms with Crippen LogP contribution >= 0.6 is 0 Å². The third-order valence-electron chi connectivity index (χ3n) is 4.76. The van der Waals surface area contributed by atoms with Crippen molar-refractivity contribution in [3.63, 3.8) is 0 Å². The van der Waals surface area contributed by atoms with Crippen molar-refractivity contribution < 1.29 is 0 Å². The zero-order valence-corrected chi connectivity index (χ0v) is 12.3. The van der Waals surface area contributed by atoms with Gasteiger partial charge < -0.3 is 5.32 Å². The van der Waals surface area contributed by atoms with Gasteiger partial charge in [0.15, 0.2) is 0 Å². The van der Waals surface area contributed by atoms with E-state index in [1.807, 2.05) is 0 Å². The quantitative estimate of drug-likeness (QED) is 0.808. The monoisotopic (exact) mass is 253 g/mol. The van der Waals surface area contributed by atoms with Gasteiger partial charge in [-0.15, -0.1) is 0 Å². The molecule has 1 unspecified atom stereocenters. The number of piperidine rings is 1. The molecule has 3 nitrogen and oxygen atoms in total. The van der Waals surface area contributed by atoms with Crippen LogP contribution in [0.4, 0.5) is 0 Å². The lowest BCUT2D eigenvalue weighted by molar-refractivity contribution is 0.0373. The van der Waals surface area contributed by atoms with Crippen molar-refractivity contribution in [1.82, 2.24) is 15.1 Å². The molecular weight excluding hydrogens is 222 g/mol. The van der Waals surface area contributed by atoms with Crippen molar-refractivity contribution in [2.45, 2.75) is 58.0 Å². The number of unbranched alkanes of at least 4 members (excludes halogenated alkanes) is 1. The average molecular weight is 253 g/mol. The van der Waals surface area contributed by atoms with Crippen molar-refractivity contribution in [2.75, 3.05) is 39.3 Å². The molecule has 0 bridgehead atoms. The second kappa shape index (κ2) is 7.46. The highest BCUT2D eigenvalue weighted by molar-refractivity contribution is 4.87. The molecule has 0 saturated carbocycles. The molecule has 2 rings (SSSR count). The summed E-state index contributed by atoms with van der Waals surface area (Å²) >= 11 is 0. The summed E-state index contributed by atoms with van der Waals surface area (Å²) in [6.45, 7) is 12.2. The van der Waals surface area contributed by atoms with Crippen LogP contribution in [-0.2, 0) is 0 Å². The lowest BCUT2D eigenvalue weighted by atomic mass is 9.99. The van der Waals surface area contributed by atoms with Crippen LogP contribution in [0.15, 0.2) is 0 Å². The summed E-state index contributed by atoms with van der Waals surface area (Å²) in [4.78, 5) is 5.49. The lowest BCUT2D eigenvalue weighted by Crippen LogP contribution is -2.57. The smallest absolute Gasteiger partial charge is 0.0223 e. The van der Waals surface area contributed by atoms with Gasteiger partial charge in [0.25, 0.3) is 0 Å². The first-order valence-corrected chi connectivity index (χ1v) is 8.04. The van der Waals surface area contributed by atoms with E-state index >= 15 is 0 Å². The Morgan fingerprint density at radius 1 is 1.11 bits per heavy atom. The molecule has 2 heterocycles. The number of nitrogens with zero attached hydrogens (tertiary/aromatic N) is 2. The van der Waals surface area contributed by atoms with Gasteiger partial charge in [-0.05, 0) is 38.9 Å². The maximum atomic E-state index is 3.48. The fourth-order valence-electron chi connectivity index (χ4n) is 3.55. The maximum Gasteiger partial charge on any atom is 0.0223 e. The molecule has 0 radical (unpaired) electrons. The van der Waals surface area contributed by atoms with Crippen LogP contribution in [0.5, 0.6) is 0 Å². The summed E-state index contributed by atoms with van der Waals surface area (Å²) in [5.74, 6) is 0. The van der Waals surface area contributed by atoms with Gasteiger partial charge in [0.05, 0.1) is 0 Å². The number of piperazine rings is 1. The molecule has 2 fully saturated rings. The number of likely N-dealkylation sites (N-methyl/N-ethyl adjacent to an activating group) is 1. The van der Waals surface area contributed by atoms with E-state index in [1.165, 1.54) is 71.4 Å². The predicted octanol–water partition coefficient (Wildman–Crippen LogP) is 1.93. The Morgan fingerprint density at radius 2 is 1.89 bits per heavy atom. The molecule has 0 spiro atoms. The van der Waals surface area contributed by atoms with Crippen molar-refractivity contribution in [1.29, 1.82) is 0 Å². The fraction of sp³-hybridized carbons (Fsp3) is 1.00. The molecule has 1 atom stereocenters. The number of hydrogen-bond acceptors (Lipinski definition) is 3. The third-order valence-corrected chi connectivity index (χ3v) is 4.76. The van der Waals surface area contributed by atoms with Gasteiger partial charge in [-0.1, -0.05) is 26.7 Å². The van der Waals surface area contributed by atoms with Gasteiger partial charge >= 0.3 is 0 Å². The Hall–Kier alpha value is -0.120. The molecule has 1 N–H and O–H groups in total. The average Bonchev–Trinajstić information content (AvgIpc) is 2.45. The van der Waals surface area contributed by atoms with E-state index in [4.69, 9.17) is 0 Å². The summed E-state index contributed by atoms with van der Waals surface area (Å²) in [6.07, 6.45) is 6.83. The minimum atomic E-state index is 0.818. The first kappa shape index (κ1) is 14.3. The summed E-state index contributed by atoms with van der Waals surface area (Å²) < 4.78 is 0. The third kappa shape index (κ3) is 3.69. The largest absolute Gasteiger partial charge is 0.317 e. The minimum Gasteiger partial charge on any atom is -0.317 e. The van der Waals surface area contributed by atoms with Gasteiger partial charge in [0.2, 0.25) is 0 Å².